The molecule has 0 aliphatic rings. The molecule has 0 radical (unpaired) electrons. The van der Waals surface area contributed by atoms with E-state index in [1.165, 1.54) is 70.6 Å². The van der Waals surface area contributed by atoms with Crippen molar-refractivity contribution in [2.24, 2.45) is 0 Å². The van der Waals surface area contributed by atoms with E-state index in [1.54, 1.807) is 0 Å². The lowest BCUT2D eigenvalue weighted by atomic mass is 10.1. The monoisotopic (exact) mass is 364 g/mol. The van der Waals surface area contributed by atoms with Crippen molar-refractivity contribution in [2.75, 3.05) is 6.61 Å². The number of hydrogen-bond acceptors (Lipinski definition) is 2. The second kappa shape index (κ2) is 22.0. The van der Waals surface area contributed by atoms with Gasteiger partial charge in [0.2, 0.25) is 0 Å². The zero-order valence-electron chi connectivity index (χ0n) is 17.6. The van der Waals surface area contributed by atoms with Crippen LogP contribution in [0.1, 0.15) is 117 Å². The molecule has 2 heteroatoms. The number of carbonyl (C=O) groups excluding carboxylic acids is 1. The number of allylic oxidation sites excluding steroid dienone is 3. The van der Waals surface area contributed by atoms with Gasteiger partial charge in [0.15, 0.2) is 0 Å². The number of rotatable bonds is 19. The molecule has 0 spiro atoms. The van der Waals surface area contributed by atoms with Crippen LogP contribution in [0, 0.1) is 0 Å². The van der Waals surface area contributed by atoms with E-state index in [0.29, 0.717) is 13.0 Å². The number of carbonyl (C=O) groups is 1. The van der Waals surface area contributed by atoms with Crippen LogP contribution in [0.2, 0.25) is 0 Å². The van der Waals surface area contributed by atoms with E-state index < -0.39 is 0 Å². The maximum absolute atomic E-state index is 11.6. The summed E-state index contributed by atoms with van der Waals surface area (Å²) in [7, 11) is 0. The third-order valence-electron chi connectivity index (χ3n) is 4.59. The van der Waals surface area contributed by atoms with Crippen molar-refractivity contribution in [1.82, 2.24) is 0 Å². The highest BCUT2D eigenvalue weighted by Crippen LogP contribution is 2.10. The Morgan fingerprint density at radius 1 is 0.654 bits per heavy atom. The highest BCUT2D eigenvalue weighted by molar-refractivity contribution is 5.69. The molecule has 0 saturated carbocycles. The minimum absolute atomic E-state index is 0.0347. The summed E-state index contributed by atoms with van der Waals surface area (Å²) in [5.74, 6) is -0.0347. The topological polar surface area (TPSA) is 26.3 Å². The standard InChI is InChI=1S/C24H44O2/c1-3-5-7-9-10-11-12-13-14-15-16-17-18-19-20-22-24(25)26-23-21-8-6-4-2/h6,8,13-14H,3-5,7,9-12,15-23H2,1-2H3/b8-6-,14-13-. The van der Waals surface area contributed by atoms with E-state index >= 15 is 0 Å². The van der Waals surface area contributed by atoms with Gasteiger partial charge in [-0.3, -0.25) is 4.79 Å². The highest BCUT2D eigenvalue weighted by atomic mass is 16.5. The Labute approximate surface area is 163 Å². The van der Waals surface area contributed by atoms with Gasteiger partial charge < -0.3 is 4.74 Å². The molecular formula is C24H44O2. The molecule has 0 heterocycles. The normalized spacial score (nSPS) is 11.6. The molecule has 0 aliphatic carbocycles. The second-order valence-electron chi connectivity index (χ2n) is 7.22. The van der Waals surface area contributed by atoms with Gasteiger partial charge in [-0.2, -0.15) is 0 Å². The van der Waals surface area contributed by atoms with Crippen LogP contribution in [0.3, 0.4) is 0 Å². The highest BCUT2D eigenvalue weighted by Gasteiger charge is 2.01. The minimum atomic E-state index is -0.0347. The van der Waals surface area contributed by atoms with Crippen LogP contribution >= 0.6 is 0 Å². The van der Waals surface area contributed by atoms with Crippen LogP contribution in [0.5, 0.6) is 0 Å². The molecule has 26 heavy (non-hydrogen) atoms. The Balaban J connectivity index is 3.22. The number of unbranched alkanes of at least 4 members (excludes halogenated alkanes) is 11. The van der Waals surface area contributed by atoms with E-state index in [9.17, 15) is 4.79 Å². The fourth-order valence-electron chi connectivity index (χ4n) is 2.94. The first kappa shape index (κ1) is 24.9. The molecule has 0 N–H and O–H groups in total. The molecular weight excluding hydrogens is 320 g/mol. The average Bonchev–Trinajstić information content (AvgIpc) is 2.64. The first-order valence-corrected chi connectivity index (χ1v) is 11.3. The number of ether oxygens (including phenoxy) is 1. The SMILES string of the molecule is CC/C=C\CCOC(=O)CCCCCCC/C=C\CCCCCCCC. The Bertz CT molecular complexity index is 344. The zero-order valence-corrected chi connectivity index (χ0v) is 17.6. The molecule has 0 aliphatic heterocycles. The molecule has 0 amide bonds. The Morgan fingerprint density at radius 2 is 1.19 bits per heavy atom. The van der Waals surface area contributed by atoms with Gasteiger partial charge >= 0.3 is 5.97 Å². The fraction of sp³-hybridized carbons (Fsp3) is 0.792. The number of hydrogen-bond donors (Lipinski definition) is 0. The molecule has 0 rings (SSSR count). The molecule has 152 valence electrons. The van der Waals surface area contributed by atoms with Gasteiger partial charge in [0.05, 0.1) is 6.61 Å². The van der Waals surface area contributed by atoms with Gasteiger partial charge in [0.25, 0.3) is 0 Å². The molecule has 0 unspecified atom stereocenters. The van der Waals surface area contributed by atoms with Crippen molar-refractivity contribution >= 4 is 5.97 Å². The summed E-state index contributed by atoms with van der Waals surface area (Å²) in [5.41, 5.74) is 0. The summed E-state index contributed by atoms with van der Waals surface area (Å²) in [4.78, 5) is 11.6. The van der Waals surface area contributed by atoms with Crippen molar-refractivity contribution in [3.63, 3.8) is 0 Å². The molecule has 0 aromatic carbocycles. The molecule has 0 saturated heterocycles. The molecule has 0 aromatic rings. The van der Waals surface area contributed by atoms with Crippen LogP contribution in [0.25, 0.3) is 0 Å². The van der Waals surface area contributed by atoms with Crippen molar-refractivity contribution in [2.45, 2.75) is 117 Å². The lowest BCUT2D eigenvalue weighted by molar-refractivity contribution is -0.143. The largest absolute Gasteiger partial charge is 0.465 e. The first-order chi connectivity index (χ1) is 12.8. The van der Waals surface area contributed by atoms with Gasteiger partial charge in [-0.25, -0.2) is 0 Å². The van der Waals surface area contributed by atoms with E-state index in [4.69, 9.17) is 4.74 Å². The van der Waals surface area contributed by atoms with Gasteiger partial charge in [0, 0.05) is 6.42 Å². The van der Waals surface area contributed by atoms with E-state index in [1.807, 2.05) is 0 Å². The summed E-state index contributed by atoms with van der Waals surface area (Å²) in [6.07, 6.45) is 28.0. The van der Waals surface area contributed by atoms with E-state index in [2.05, 4.69) is 38.2 Å². The van der Waals surface area contributed by atoms with Crippen molar-refractivity contribution < 1.29 is 9.53 Å². The summed E-state index contributed by atoms with van der Waals surface area (Å²) in [5, 5.41) is 0. The van der Waals surface area contributed by atoms with Crippen LogP contribution in [0.4, 0.5) is 0 Å². The number of esters is 1. The lowest BCUT2D eigenvalue weighted by Gasteiger charge is -2.03. The van der Waals surface area contributed by atoms with Gasteiger partial charge in [-0.15, -0.1) is 0 Å². The second-order valence-corrected chi connectivity index (χ2v) is 7.22. The van der Waals surface area contributed by atoms with Gasteiger partial charge in [-0.1, -0.05) is 89.5 Å². The smallest absolute Gasteiger partial charge is 0.305 e. The van der Waals surface area contributed by atoms with E-state index in [0.717, 1.165) is 25.7 Å². The Kier molecular flexibility index (Phi) is 21.1. The lowest BCUT2D eigenvalue weighted by Crippen LogP contribution is -2.04. The summed E-state index contributed by atoms with van der Waals surface area (Å²) in [6.45, 7) is 4.90. The van der Waals surface area contributed by atoms with Gasteiger partial charge in [0.1, 0.15) is 0 Å². The predicted molar refractivity (Wildman–Crippen MR) is 114 cm³/mol. The van der Waals surface area contributed by atoms with Crippen LogP contribution in [0.15, 0.2) is 24.3 Å². The molecule has 0 fully saturated rings. The van der Waals surface area contributed by atoms with Crippen LogP contribution in [-0.2, 0) is 9.53 Å². The zero-order chi connectivity index (χ0) is 19.1. The van der Waals surface area contributed by atoms with Crippen molar-refractivity contribution in [1.29, 1.82) is 0 Å². The molecule has 0 bridgehead atoms. The summed E-state index contributed by atoms with van der Waals surface area (Å²) < 4.78 is 5.21. The molecule has 0 aromatic heterocycles. The fourth-order valence-corrected chi connectivity index (χ4v) is 2.94. The Morgan fingerprint density at radius 3 is 1.81 bits per heavy atom. The van der Waals surface area contributed by atoms with Crippen LogP contribution < -0.4 is 0 Å². The van der Waals surface area contributed by atoms with Crippen molar-refractivity contribution in [3.8, 4) is 0 Å². The maximum Gasteiger partial charge on any atom is 0.305 e. The molecule has 0 atom stereocenters. The third-order valence-corrected chi connectivity index (χ3v) is 4.59. The third kappa shape index (κ3) is 21.0. The minimum Gasteiger partial charge on any atom is -0.465 e. The quantitative estimate of drug-likeness (QED) is 0.132. The van der Waals surface area contributed by atoms with E-state index in [-0.39, 0.29) is 5.97 Å². The van der Waals surface area contributed by atoms with Crippen LogP contribution in [-0.4, -0.2) is 12.6 Å². The summed E-state index contributed by atoms with van der Waals surface area (Å²) >= 11 is 0. The van der Waals surface area contributed by atoms with Gasteiger partial charge in [-0.05, 0) is 44.9 Å². The first-order valence-electron chi connectivity index (χ1n) is 11.3. The maximum atomic E-state index is 11.6. The van der Waals surface area contributed by atoms with Crippen molar-refractivity contribution in [3.05, 3.63) is 24.3 Å². The predicted octanol–water partition coefficient (Wildman–Crippen LogP) is 7.92. The molecule has 2 nitrogen and oxygen atoms in total. The average molecular weight is 365 g/mol. The summed E-state index contributed by atoms with van der Waals surface area (Å²) in [6, 6.07) is 0. The Hall–Kier alpha value is -1.05.